The fourth-order valence-electron chi connectivity index (χ4n) is 1.67. The Hall–Kier alpha value is -2.43. The van der Waals surface area contributed by atoms with Crippen LogP contribution in [0.5, 0.6) is 11.6 Å². The Bertz CT molecular complexity index is 532. The number of aromatic nitrogens is 1. The summed E-state index contributed by atoms with van der Waals surface area (Å²) < 4.78 is 10.9. The van der Waals surface area contributed by atoms with E-state index in [4.69, 9.17) is 15.2 Å². The monoisotopic (exact) mass is 273 g/mol. The molecule has 2 aromatic rings. The zero-order valence-corrected chi connectivity index (χ0v) is 11.5. The highest BCUT2D eigenvalue weighted by atomic mass is 16.5. The first-order valence-electron chi connectivity index (χ1n) is 6.60. The lowest BCUT2D eigenvalue weighted by Gasteiger charge is -2.10. The van der Waals surface area contributed by atoms with Crippen molar-refractivity contribution in [2.75, 3.05) is 30.8 Å². The van der Waals surface area contributed by atoms with Gasteiger partial charge in [0.2, 0.25) is 5.88 Å². The summed E-state index contributed by atoms with van der Waals surface area (Å²) in [6.45, 7) is 3.64. The third-order valence-corrected chi connectivity index (χ3v) is 2.59. The van der Waals surface area contributed by atoms with Crippen molar-refractivity contribution in [2.24, 2.45) is 0 Å². The number of ether oxygens (including phenoxy) is 2. The first-order chi connectivity index (χ1) is 9.79. The van der Waals surface area contributed by atoms with E-state index in [1.807, 2.05) is 43.3 Å². The Morgan fingerprint density at radius 2 is 1.90 bits per heavy atom. The predicted octanol–water partition coefficient (Wildman–Crippen LogP) is 2.55. The molecule has 0 spiro atoms. The summed E-state index contributed by atoms with van der Waals surface area (Å²) >= 11 is 0. The molecule has 106 valence electrons. The molecule has 0 fully saturated rings. The van der Waals surface area contributed by atoms with Crippen molar-refractivity contribution in [2.45, 2.75) is 6.92 Å². The Kier molecular flexibility index (Phi) is 5.06. The molecule has 0 amide bonds. The van der Waals surface area contributed by atoms with Gasteiger partial charge < -0.3 is 20.5 Å². The average Bonchev–Trinajstić information content (AvgIpc) is 2.48. The van der Waals surface area contributed by atoms with Gasteiger partial charge in [0.15, 0.2) is 0 Å². The van der Waals surface area contributed by atoms with Gasteiger partial charge in [-0.25, -0.2) is 0 Å². The van der Waals surface area contributed by atoms with E-state index in [2.05, 4.69) is 10.3 Å². The first kappa shape index (κ1) is 14.0. The minimum absolute atomic E-state index is 0.460. The molecule has 2 rings (SSSR count). The number of para-hydroxylation sites is 1. The van der Waals surface area contributed by atoms with Gasteiger partial charge in [-0.3, -0.25) is 0 Å². The average molecular weight is 273 g/mol. The number of nitrogens with zero attached hydrogens (tertiary/aromatic N) is 1. The molecule has 0 aliphatic heterocycles. The summed E-state index contributed by atoms with van der Waals surface area (Å²) in [5.41, 5.74) is 6.31. The maximum Gasteiger partial charge on any atom is 0.239 e. The van der Waals surface area contributed by atoms with Crippen molar-refractivity contribution in [3.05, 3.63) is 42.5 Å². The molecule has 0 unspecified atom stereocenters. The molecule has 0 atom stereocenters. The summed E-state index contributed by atoms with van der Waals surface area (Å²) in [5, 5.41) is 3.17. The molecular formula is C15H19N3O2. The zero-order chi connectivity index (χ0) is 14.2. The zero-order valence-electron chi connectivity index (χ0n) is 11.5. The number of anilines is 2. The number of hydrogen-bond acceptors (Lipinski definition) is 5. The molecule has 0 aliphatic rings. The molecule has 3 N–H and O–H groups in total. The summed E-state index contributed by atoms with van der Waals surface area (Å²) in [4.78, 5) is 4.29. The lowest BCUT2D eigenvalue weighted by Crippen LogP contribution is -2.13. The van der Waals surface area contributed by atoms with Gasteiger partial charge in [-0.05, 0) is 31.2 Å². The quantitative estimate of drug-likeness (QED) is 0.759. The molecule has 5 heteroatoms. The van der Waals surface area contributed by atoms with Crippen LogP contribution in [0.2, 0.25) is 0 Å². The van der Waals surface area contributed by atoms with Crippen molar-refractivity contribution < 1.29 is 9.47 Å². The largest absolute Gasteiger partial charge is 0.492 e. The maximum absolute atomic E-state index is 5.77. The summed E-state index contributed by atoms with van der Waals surface area (Å²) in [6, 6.07) is 13.3. The van der Waals surface area contributed by atoms with Crippen LogP contribution in [0.15, 0.2) is 42.5 Å². The van der Waals surface area contributed by atoms with E-state index in [1.165, 1.54) is 0 Å². The van der Waals surface area contributed by atoms with Gasteiger partial charge in [-0.1, -0.05) is 18.2 Å². The van der Waals surface area contributed by atoms with Gasteiger partial charge in [0, 0.05) is 0 Å². The highest BCUT2D eigenvalue weighted by Gasteiger charge is 2.03. The smallest absolute Gasteiger partial charge is 0.239 e. The van der Waals surface area contributed by atoms with Crippen LogP contribution in [0, 0.1) is 0 Å². The SMILES string of the molecule is CCOc1nc(NCCOc2ccccc2)ccc1N. The summed E-state index contributed by atoms with van der Waals surface area (Å²) in [5.74, 6) is 2.04. The van der Waals surface area contributed by atoms with Crippen molar-refractivity contribution in [3.8, 4) is 11.6 Å². The Labute approximate surface area is 118 Å². The summed E-state index contributed by atoms with van der Waals surface area (Å²) in [7, 11) is 0. The van der Waals surface area contributed by atoms with Crippen LogP contribution in [0.4, 0.5) is 11.5 Å². The van der Waals surface area contributed by atoms with Gasteiger partial charge in [0.05, 0.1) is 18.8 Å². The Morgan fingerprint density at radius 1 is 1.10 bits per heavy atom. The van der Waals surface area contributed by atoms with Gasteiger partial charge in [0.1, 0.15) is 18.2 Å². The summed E-state index contributed by atoms with van der Waals surface area (Å²) in [6.07, 6.45) is 0. The van der Waals surface area contributed by atoms with Crippen LogP contribution in [-0.2, 0) is 0 Å². The van der Waals surface area contributed by atoms with Crippen LogP contribution < -0.4 is 20.5 Å². The van der Waals surface area contributed by atoms with Crippen LogP contribution >= 0.6 is 0 Å². The van der Waals surface area contributed by atoms with E-state index in [0.717, 1.165) is 11.6 Å². The standard InChI is InChI=1S/C15H19N3O2/c1-2-19-15-13(16)8-9-14(18-15)17-10-11-20-12-6-4-3-5-7-12/h3-9H,2,10-11,16H2,1H3,(H,17,18). The number of nitrogen functional groups attached to an aromatic ring is 1. The lowest BCUT2D eigenvalue weighted by atomic mass is 10.3. The Balaban J connectivity index is 1.80. The molecule has 5 nitrogen and oxygen atoms in total. The van der Waals surface area contributed by atoms with Gasteiger partial charge in [-0.2, -0.15) is 4.98 Å². The topological polar surface area (TPSA) is 69.4 Å². The molecule has 20 heavy (non-hydrogen) atoms. The molecule has 1 heterocycles. The van der Waals surface area contributed by atoms with E-state index >= 15 is 0 Å². The maximum atomic E-state index is 5.77. The number of pyridine rings is 1. The van der Waals surface area contributed by atoms with Crippen LogP contribution in [-0.4, -0.2) is 24.7 Å². The molecule has 0 radical (unpaired) electrons. The van der Waals surface area contributed by atoms with Crippen LogP contribution in [0.25, 0.3) is 0 Å². The highest BCUT2D eigenvalue weighted by Crippen LogP contribution is 2.20. The molecule has 0 aliphatic carbocycles. The van der Waals surface area contributed by atoms with Crippen molar-refractivity contribution in [1.82, 2.24) is 4.98 Å². The second-order valence-corrected chi connectivity index (χ2v) is 4.11. The number of nitrogens with one attached hydrogen (secondary N) is 1. The van der Waals surface area contributed by atoms with E-state index < -0.39 is 0 Å². The third-order valence-electron chi connectivity index (χ3n) is 2.59. The van der Waals surface area contributed by atoms with Crippen molar-refractivity contribution in [3.63, 3.8) is 0 Å². The fraction of sp³-hybridized carbons (Fsp3) is 0.267. The van der Waals surface area contributed by atoms with E-state index in [9.17, 15) is 0 Å². The fourth-order valence-corrected chi connectivity index (χ4v) is 1.67. The third kappa shape index (κ3) is 4.05. The minimum atomic E-state index is 0.460. The van der Waals surface area contributed by atoms with Crippen LogP contribution in [0.1, 0.15) is 6.92 Å². The minimum Gasteiger partial charge on any atom is -0.492 e. The number of benzene rings is 1. The van der Waals surface area contributed by atoms with Crippen LogP contribution in [0.3, 0.4) is 0 Å². The van der Waals surface area contributed by atoms with Crippen molar-refractivity contribution >= 4 is 11.5 Å². The van der Waals surface area contributed by atoms with E-state index in [-0.39, 0.29) is 0 Å². The number of nitrogens with two attached hydrogens (primary N) is 1. The molecule has 1 aromatic carbocycles. The molecular weight excluding hydrogens is 254 g/mol. The Morgan fingerprint density at radius 3 is 2.65 bits per heavy atom. The van der Waals surface area contributed by atoms with E-state index in [0.29, 0.717) is 31.3 Å². The normalized spacial score (nSPS) is 10.1. The number of hydrogen-bond donors (Lipinski definition) is 2. The predicted molar refractivity (Wildman–Crippen MR) is 80.2 cm³/mol. The highest BCUT2D eigenvalue weighted by molar-refractivity contribution is 5.53. The van der Waals surface area contributed by atoms with Gasteiger partial charge >= 0.3 is 0 Å². The van der Waals surface area contributed by atoms with E-state index in [1.54, 1.807) is 6.07 Å². The molecule has 0 saturated carbocycles. The molecule has 0 bridgehead atoms. The molecule has 1 aromatic heterocycles. The van der Waals surface area contributed by atoms with Gasteiger partial charge in [0.25, 0.3) is 0 Å². The second-order valence-electron chi connectivity index (χ2n) is 4.11. The first-order valence-corrected chi connectivity index (χ1v) is 6.60. The lowest BCUT2D eigenvalue weighted by molar-refractivity contribution is 0.327. The van der Waals surface area contributed by atoms with Crippen molar-refractivity contribution in [1.29, 1.82) is 0 Å². The molecule has 0 saturated heterocycles. The second kappa shape index (κ2) is 7.23. The number of rotatable bonds is 7. The van der Waals surface area contributed by atoms with Gasteiger partial charge in [-0.15, -0.1) is 0 Å².